The summed E-state index contributed by atoms with van der Waals surface area (Å²) in [5.41, 5.74) is 1.04. The topological polar surface area (TPSA) is 75.7 Å². The molecule has 1 saturated heterocycles. The first-order chi connectivity index (χ1) is 10.9. The molecule has 1 atom stereocenters. The van der Waals surface area contributed by atoms with Crippen LogP contribution in [0.3, 0.4) is 0 Å². The maximum absolute atomic E-state index is 12.1. The Balaban J connectivity index is 1.74. The third-order valence-corrected chi connectivity index (χ3v) is 5.92. The lowest BCUT2D eigenvalue weighted by Gasteiger charge is -2.23. The standard InChI is InChI=1S/C16H24N2O4S/c1-18(14-8-10-23(20,21)12-14)16(19)7-9-17-11-13-5-3-4-6-15(13)22-2/h3-6,14,17H,7-12H2,1-2H3. The van der Waals surface area contributed by atoms with Gasteiger partial charge in [0.25, 0.3) is 0 Å². The van der Waals surface area contributed by atoms with Crippen molar-refractivity contribution in [2.24, 2.45) is 0 Å². The molecule has 0 spiro atoms. The molecule has 1 unspecified atom stereocenters. The number of nitrogens with zero attached hydrogens (tertiary/aromatic N) is 1. The van der Waals surface area contributed by atoms with Gasteiger partial charge in [0.2, 0.25) is 5.91 Å². The second-order valence-corrected chi connectivity index (χ2v) is 8.03. The Morgan fingerprint density at radius 1 is 1.39 bits per heavy atom. The lowest BCUT2D eigenvalue weighted by Crippen LogP contribution is -2.39. The van der Waals surface area contributed by atoms with E-state index in [1.807, 2.05) is 24.3 Å². The van der Waals surface area contributed by atoms with Gasteiger partial charge in [-0.1, -0.05) is 18.2 Å². The lowest BCUT2D eigenvalue weighted by atomic mass is 10.2. The van der Waals surface area contributed by atoms with E-state index in [-0.39, 0.29) is 23.5 Å². The monoisotopic (exact) mass is 340 g/mol. The van der Waals surface area contributed by atoms with Crippen LogP contribution < -0.4 is 10.1 Å². The number of amides is 1. The molecule has 1 N–H and O–H groups in total. The smallest absolute Gasteiger partial charge is 0.223 e. The van der Waals surface area contributed by atoms with Gasteiger partial charge in [0.05, 0.1) is 18.6 Å². The van der Waals surface area contributed by atoms with Crippen LogP contribution in [0.25, 0.3) is 0 Å². The fraction of sp³-hybridized carbons (Fsp3) is 0.562. The first kappa shape index (κ1) is 17.7. The first-order valence-electron chi connectivity index (χ1n) is 7.71. The van der Waals surface area contributed by atoms with Crippen molar-refractivity contribution in [1.29, 1.82) is 0 Å². The van der Waals surface area contributed by atoms with E-state index in [0.29, 0.717) is 25.9 Å². The summed E-state index contributed by atoms with van der Waals surface area (Å²) in [5.74, 6) is 1.06. The van der Waals surface area contributed by atoms with Crippen molar-refractivity contribution in [3.8, 4) is 5.75 Å². The number of benzene rings is 1. The van der Waals surface area contributed by atoms with Gasteiger partial charge in [-0.05, 0) is 12.5 Å². The number of nitrogens with one attached hydrogen (secondary N) is 1. The van der Waals surface area contributed by atoms with Gasteiger partial charge >= 0.3 is 0 Å². The number of carbonyl (C=O) groups is 1. The molecule has 1 heterocycles. The van der Waals surface area contributed by atoms with E-state index in [1.165, 1.54) is 0 Å². The summed E-state index contributed by atoms with van der Waals surface area (Å²) in [5, 5.41) is 3.22. The van der Waals surface area contributed by atoms with E-state index in [1.54, 1.807) is 19.1 Å². The third kappa shape index (κ3) is 4.94. The summed E-state index contributed by atoms with van der Waals surface area (Å²) in [7, 11) is 0.354. The molecule has 2 rings (SSSR count). The summed E-state index contributed by atoms with van der Waals surface area (Å²) in [4.78, 5) is 13.7. The van der Waals surface area contributed by atoms with Gasteiger partial charge in [0.15, 0.2) is 9.84 Å². The van der Waals surface area contributed by atoms with Crippen LogP contribution >= 0.6 is 0 Å². The van der Waals surface area contributed by atoms with Gasteiger partial charge in [-0.15, -0.1) is 0 Å². The van der Waals surface area contributed by atoms with Gasteiger partial charge < -0.3 is 15.0 Å². The van der Waals surface area contributed by atoms with Gasteiger partial charge in [-0.3, -0.25) is 4.79 Å². The number of para-hydroxylation sites is 1. The van der Waals surface area contributed by atoms with E-state index in [2.05, 4.69) is 5.32 Å². The van der Waals surface area contributed by atoms with Gasteiger partial charge in [-0.25, -0.2) is 8.42 Å². The predicted octanol–water partition coefficient (Wildman–Crippen LogP) is 0.820. The number of hydrogen-bond donors (Lipinski definition) is 1. The van der Waals surface area contributed by atoms with Gasteiger partial charge in [-0.2, -0.15) is 0 Å². The zero-order chi connectivity index (χ0) is 16.9. The van der Waals surface area contributed by atoms with E-state index < -0.39 is 9.84 Å². The van der Waals surface area contributed by atoms with Gasteiger partial charge in [0.1, 0.15) is 5.75 Å². The molecule has 1 aromatic rings. The van der Waals surface area contributed by atoms with Crippen LogP contribution in [0.5, 0.6) is 5.75 Å². The van der Waals surface area contributed by atoms with Crippen LogP contribution in [0, 0.1) is 0 Å². The largest absolute Gasteiger partial charge is 0.496 e. The number of methoxy groups -OCH3 is 1. The Morgan fingerprint density at radius 3 is 2.78 bits per heavy atom. The molecule has 6 nitrogen and oxygen atoms in total. The summed E-state index contributed by atoms with van der Waals surface area (Å²) >= 11 is 0. The second-order valence-electron chi connectivity index (χ2n) is 5.80. The van der Waals surface area contributed by atoms with E-state index >= 15 is 0 Å². The Labute approximate surface area is 137 Å². The number of rotatable bonds is 7. The van der Waals surface area contributed by atoms with Crippen LogP contribution in [0.2, 0.25) is 0 Å². The highest BCUT2D eigenvalue weighted by Gasteiger charge is 2.32. The average Bonchev–Trinajstić information content (AvgIpc) is 2.91. The van der Waals surface area contributed by atoms with Crippen molar-refractivity contribution in [3.05, 3.63) is 29.8 Å². The lowest BCUT2D eigenvalue weighted by molar-refractivity contribution is -0.131. The van der Waals surface area contributed by atoms with Crippen molar-refractivity contribution >= 4 is 15.7 Å². The summed E-state index contributed by atoms with van der Waals surface area (Å²) in [6.45, 7) is 1.17. The molecule has 1 aliphatic rings. The molecule has 7 heteroatoms. The fourth-order valence-electron chi connectivity index (χ4n) is 2.73. The molecule has 1 fully saturated rings. The molecular weight excluding hydrogens is 316 g/mol. The van der Waals surface area contributed by atoms with Crippen LogP contribution in [-0.2, 0) is 21.2 Å². The Hall–Kier alpha value is -1.60. The SMILES string of the molecule is COc1ccccc1CNCCC(=O)N(C)C1CCS(=O)(=O)C1. The minimum absolute atomic E-state index is 0.0281. The minimum Gasteiger partial charge on any atom is -0.496 e. The highest BCUT2D eigenvalue weighted by atomic mass is 32.2. The quantitative estimate of drug-likeness (QED) is 0.744. The number of carbonyl (C=O) groups excluding carboxylic acids is 1. The third-order valence-electron chi connectivity index (χ3n) is 4.17. The molecule has 0 aromatic heterocycles. The summed E-state index contributed by atoms with van der Waals surface area (Å²) in [6, 6.07) is 7.55. The van der Waals surface area contributed by atoms with Crippen molar-refractivity contribution in [1.82, 2.24) is 10.2 Å². The van der Waals surface area contributed by atoms with Crippen LogP contribution in [0.4, 0.5) is 0 Å². The van der Waals surface area contributed by atoms with E-state index in [9.17, 15) is 13.2 Å². The zero-order valence-corrected chi connectivity index (χ0v) is 14.4. The predicted molar refractivity (Wildman–Crippen MR) is 89.1 cm³/mol. The van der Waals surface area contributed by atoms with Crippen molar-refractivity contribution in [2.75, 3.05) is 32.2 Å². The Bertz CT molecular complexity index is 645. The minimum atomic E-state index is -2.97. The summed E-state index contributed by atoms with van der Waals surface area (Å²) in [6.07, 6.45) is 0.890. The highest BCUT2D eigenvalue weighted by Crippen LogP contribution is 2.18. The number of hydrogen-bond acceptors (Lipinski definition) is 5. The second kappa shape index (κ2) is 7.79. The average molecular weight is 340 g/mol. The van der Waals surface area contributed by atoms with E-state index in [4.69, 9.17) is 4.74 Å². The highest BCUT2D eigenvalue weighted by molar-refractivity contribution is 7.91. The molecular formula is C16H24N2O4S. The maximum atomic E-state index is 12.1. The first-order valence-corrected chi connectivity index (χ1v) is 9.54. The molecule has 1 amide bonds. The molecule has 0 saturated carbocycles. The normalized spacial score (nSPS) is 19.5. The maximum Gasteiger partial charge on any atom is 0.223 e. The molecule has 23 heavy (non-hydrogen) atoms. The molecule has 0 radical (unpaired) electrons. The molecule has 0 bridgehead atoms. The van der Waals surface area contributed by atoms with Crippen LogP contribution in [-0.4, -0.2) is 57.5 Å². The fourth-order valence-corrected chi connectivity index (χ4v) is 4.50. The Kier molecular flexibility index (Phi) is 6.01. The van der Waals surface area contributed by atoms with E-state index in [0.717, 1.165) is 11.3 Å². The van der Waals surface area contributed by atoms with Crippen molar-refractivity contribution in [3.63, 3.8) is 0 Å². The van der Waals surface area contributed by atoms with Crippen LogP contribution in [0.15, 0.2) is 24.3 Å². The van der Waals surface area contributed by atoms with Crippen LogP contribution in [0.1, 0.15) is 18.4 Å². The molecule has 128 valence electrons. The van der Waals surface area contributed by atoms with Crippen molar-refractivity contribution in [2.45, 2.75) is 25.4 Å². The molecule has 1 aromatic carbocycles. The summed E-state index contributed by atoms with van der Waals surface area (Å²) < 4.78 is 28.2. The Morgan fingerprint density at radius 2 is 2.13 bits per heavy atom. The van der Waals surface area contributed by atoms with Crippen molar-refractivity contribution < 1.29 is 17.9 Å². The molecule has 0 aliphatic carbocycles. The molecule has 1 aliphatic heterocycles. The zero-order valence-electron chi connectivity index (χ0n) is 13.6. The number of ether oxygens (including phenoxy) is 1. The van der Waals surface area contributed by atoms with Gasteiger partial charge in [0, 0.05) is 38.2 Å². The number of sulfone groups is 1.